The molecule has 104 valence electrons. The minimum absolute atomic E-state index is 0.693. The van der Waals surface area contributed by atoms with Crippen LogP contribution in [0.1, 0.15) is 31.2 Å². The van der Waals surface area contributed by atoms with Crippen LogP contribution in [0.3, 0.4) is 0 Å². The third-order valence-electron chi connectivity index (χ3n) is 4.09. The summed E-state index contributed by atoms with van der Waals surface area (Å²) in [6.07, 6.45) is 5.66. The Balaban J connectivity index is 1.42. The lowest BCUT2D eigenvalue weighted by atomic mass is 10.1. The standard InChI is InChI=1S/C16H22ClNO/c1-11-2-7-15(14(17)10-11)19-9-8-18-16(12-3-4-12)13-5-6-13/h2,7,10,12-13,16,18H,3-6,8-9H2,1H3. The van der Waals surface area contributed by atoms with E-state index >= 15 is 0 Å². The largest absolute Gasteiger partial charge is 0.491 e. The molecule has 0 aromatic heterocycles. The van der Waals surface area contributed by atoms with Crippen LogP contribution >= 0.6 is 11.6 Å². The summed E-state index contributed by atoms with van der Waals surface area (Å²) in [6, 6.07) is 6.68. The minimum atomic E-state index is 0.693. The summed E-state index contributed by atoms with van der Waals surface area (Å²) in [6.45, 7) is 3.65. The van der Waals surface area contributed by atoms with Crippen LogP contribution in [-0.2, 0) is 0 Å². The molecule has 3 heteroatoms. The van der Waals surface area contributed by atoms with E-state index in [0.717, 1.165) is 35.7 Å². The smallest absolute Gasteiger partial charge is 0.137 e. The number of halogens is 1. The first kappa shape index (κ1) is 13.3. The van der Waals surface area contributed by atoms with Gasteiger partial charge >= 0.3 is 0 Å². The van der Waals surface area contributed by atoms with E-state index in [9.17, 15) is 0 Å². The van der Waals surface area contributed by atoms with Crippen molar-refractivity contribution in [2.75, 3.05) is 13.2 Å². The molecule has 2 fully saturated rings. The lowest BCUT2D eigenvalue weighted by Crippen LogP contribution is -2.36. The maximum atomic E-state index is 6.15. The lowest BCUT2D eigenvalue weighted by molar-refractivity contribution is 0.294. The zero-order valence-electron chi connectivity index (χ0n) is 11.5. The molecule has 0 aliphatic heterocycles. The first-order chi connectivity index (χ1) is 9.24. The third kappa shape index (κ3) is 3.64. The number of hydrogen-bond donors (Lipinski definition) is 1. The second-order valence-electron chi connectivity index (χ2n) is 5.94. The summed E-state index contributed by atoms with van der Waals surface area (Å²) in [7, 11) is 0. The van der Waals surface area contributed by atoms with E-state index in [2.05, 4.69) is 5.32 Å². The Hall–Kier alpha value is -0.730. The summed E-state index contributed by atoms with van der Waals surface area (Å²) in [4.78, 5) is 0. The second kappa shape index (κ2) is 5.72. The molecule has 0 radical (unpaired) electrons. The predicted molar refractivity (Wildman–Crippen MR) is 78.9 cm³/mol. The van der Waals surface area contributed by atoms with Crippen LogP contribution in [0.4, 0.5) is 0 Å². The van der Waals surface area contributed by atoms with E-state index in [-0.39, 0.29) is 0 Å². The van der Waals surface area contributed by atoms with Crippen LogP contribution in [0, 0.1) is 18.8 Å². The Labute approximate surface area is 120 Å². The molecule has 0 amide bonds. The van der Waals surface area contributed by atoms with Crippen molar-refractivity contribution >= 4 is 11.6 Å². The highest BCUT2D eigenvalue weighted by Gasteiger charge is 2.40. The van der Waals surface area contributed by atoms with Crippen molar-refractivity contribution in [3.05, 3.63) is 28.8 Å². The molecule has 2 aliphatic rings. The number of hydrogen-bond acceptors (Lipinski definition) is 2. The first-order valence-electron chi connectivity index (χ1n) is 7.36. The Kier molecular flexibility index (Phi) is 3.99. The van der Waals surface area contributed by atoms with E-state index in [1.165, 1.54) is 25.7 Å². The van der Waals surface area contributed by atoms with Gasteiger partial charge in [-0.15, -0.1) is 0 Å². The molecule has 0 heterocycles. The summed E-state index contributed by atoms with van der Waals surface area (Å²) < 4.78 is 5.75. The van der Waals surface area contributed by atoms with Crippen molar-refractivity contribution in [2.24, 2.45) is 11.8 Å². The van der Waals surface area contributed by atoms with Gasteiger partial charge < -0.3 is 10.1 Å². The summed E-state index contributed by atoms with van der Waals surface area (Å²) in [5, 5.41) is 4.39. The van der Waals surface area contributed by atoms with Gasteiger partial charge in [-0.1, -0.05) is 17.7 Å². The molecule has 0 bridgehead atoms. The van der Waals surface area contributed by atoms with Gasteiger partial charge in [0.25, 0.3) is 0 Å². The molecule has 0 spiro atoms. The first-order valence-corrected chi connectivity index (χ1v) is 7.74. The van der Waals surface area contributed by atoms with Gasteiger partial charge in [-0.25, -0.2) is 0 Å². The highest BCUT2D eigenvalue weighted by Crippen LogP contribution is 2.44. The minimum Gasteiger partial charge on any atom is -0.491 e. The van der Waals surface area contributed by atoms with Gasteiger partial charge in [-0.05, 0) is 62.1 Å². The maximum absolute atomic E-state index is 6.15. The van der Waals surface area contributed by atoms with E-state index in [0.29, 0.717) is 11.6 Å². The van der Waals surface area contributed by atoms with Gasteiger partial charge in [0.15, 0.2) is 0 Å². The molecule has 3 rings (SSSR count). The molecule has 2 saturated carbocycles. The van der Waals surface area contributed by atoms with Crippen molar-refractivity contribution < 1.29 is 4.74 Å². The predicted octanol–water partition coefficient (Wildman–Crippen LogP) is 3.81. The zero-order valence-corrected chi connectivity index (χ0v) is 12.2. The van der Waals surface area contributed by atoms with Crippen molar-refractivity contribution in [1.29, 1.82) is 0 Å². The molecular formula is C16H22ClNO. The van der Waals surface area contributed by atoms with Crippen LogP contribution in [0.5, 0.6) is 5.75 Å². The fourth-order valence-electron chi connectivity index (χ4n) is 2.74. The van der Waals surface area contributed by atoms with E-state index < -0.39 is 0 Å². The molecule has 19 heavy (non-hydrogen) atoms. The fraction of sp³-hybridized carbons (Fsp3) is 0.625. The SMILES string of the molecule is Cc1ccc(OCCNC(C2CC2)C2CC2)c(Cl)c1. The normalized spacial score (nSPS) is 18.9. The second-order valence-corrected chi connectivity index (χ2v) is 6.34. The van der Waals surface area contributed by atoms with Crippen molar-refractivity contribution in [3.63, 3.8) is 0 Å². The maximum Gasteiger partial charge on any atom is 0.137 e. The Morgan fingerprint density at radius 2 is 1.95 bits per heavy atom. The molecule has 1 aromatic rings. The van der Waals surface area contributed by atoms with Crippen LogP contribution in [0.25, 0.3) is 0 Å². The lowest BCUT2D eigenvalue weighted by Gasteiger charge is -2.18. The zero-order chi connectivity index (χ0) is 13.2. The van der Waals surface area contributed by atoms with Crippen LogP contribution in [0.15, 0.2) is 18.2 Å². The van der Waals surface area contributed by atoms with Gasteiger partial charge in [-0.3, -0.25) is 0 Å². The number of aryl methyl sites for hydroxylation is 1. The Morgan fingerprint density at radius 1 is 1.26 bits per heavy atom. The van der Waals surface area contributed by atoms with E-state index in [1.54, 1.807) is 0 Å². The average Bonchev–Trinajstić information content (AvgIpc) is 3.26. The van der Waals surface area contributed by atoms with Gasteiger partial charge in [0.05, 0.1) is 5.02 Å². The van der Waals surface area contributed by atoms with E-state index in [4.69, 9.17) is 16.3 Å². The Bertz CT molecular complexity index is 428. The molecule has 0 unspecified atom stereocenters. The molecule has 2 nitrogen and oxygen atoms in total. The summed E-state index contributed by atoms with van der Waals surface area (Å²) in [5.41, 5.74) is 1.16. The number of rotatable bonds is 7. The fourth-order valence-corrected chi connectivity index (χ4v) is 3.03. The van der Waals surface area contributed by atoms with E-state index in [1.807, 2.05) is 25.1 Å². The van der Waals surface area contributed by atoms with Crippen molar-refractivity contribution in [2.45, 2.75) is 38.6 Å². The van der Waals surface area contributed by atoms with Crippen molar-refractivity contribution in [1.82, 2.24) is 5.32 Å². The Morgan fingerprint density at radius 3 is 2.53 bits per heavy atom. The third-order valence-corrected chi connectivity index (χ3v) is 4.38. The summed E-state index contributed by atoms with van der Waals surface area (Å²) in [5.74, 6) is 2.68. The number of ether oxygens (including phenoxy) is 1. The quantitative estimate of drug-likeness (QED) is 0.767. The van der Waals surface area contributed by atoms with Gasteiger partial charge in [0.2, 0.25) is 0 Å². The van der Waals surface area contributed by atoms with Crippen molar-refractivity contribution in [3.8, 4) is 5.75 Å². The van der Waals surface area contributed by atoms with Crippen LogP contribution in [0.2, 0.25) is 5.02 Å². The van der Waals surface area contributed by atoms with Crippen LogP contribution < -0.4 is 10.1 Å². The molecule has 1 N–H and O–H groups in total. The number of benzene rings is 1. The molecule has 1 aromatic carbocycles. The summed E-state index contributed by atoms with van der Waals surface area (Å²) >= 11 is 6.15. The average molecular weight is 280 g/mol. The molecule has 2 aliphatic carbocycles. The monoisotopic (exact) mass is 279 g/mol. The topological polar surface area (TPSA) is 21.3 Å². The van der Waals surface area contributed by atoms with Gasteiger partial charge in [0.1, 0.15) is 12.4 Å². The molecule has 0 saturated heterocycles. The van der Waals surface area contributed by atoms with Gasteiger partial charge in [0, 0.05) is 12.6 Å². The highest BCUT2D eigenvalue weighted by molar-refractivity contribution is 6.32. The number of nitrogens with one attached hydrogen (secondary N) is 1. The molecule has 0 atom stereocenters. The van der Waals surface area contributed by atoms with Crippen LogP contribution in [-0.4, -0.2) is 19.2 Å². The molecular weight excluding hydrogens is 258 g/mol. The highest BCUT2D eigenvalue weighted by atomic mass is 35.5. The van der Waals surface area contributed by atoms with Gasteiger partial charge in [-0.2, -0.15) is 0 Å².